The molecule has 0 amide bonds. The number of pyridine rings is 1. The summed E-state index contributed by atoms with van der Waals surface area (Å²) in [5.74, 6) is 0.986. The summed E-state index contributed by atoms with van der Waals surface area (Å²) in [6, 6.07) is 5.88. The minimum absolute atomic E-state index is 0.0902. The van der Waals surface area contributed by atoms with Crippen LogP contribution in [0.1, 0.15) is 37.4 Å². The highest BCUT2D eigenvalue weighted by atomic mass is 32.2. The summed E-state index contributed by atoms with van der Waals surface area (Å²) in [4.78, 5) is 7.00. The van der Waals surface area contributed by atoms with E-state index in [2.05, 4.69) is 4.90 Å². The SMILES string of the molecule is CS(=O)(=O)N1CCCC1c1cccc(N2CCCC2)n1. The smallest absolute Gasteiger partial charge is 0.211 e. The molecule has 0 saturated carbocycles. The van der Waals surface area contributed by atoms with E-state index in [1.165, 1.54) is 19.1 Å². The van der Waals surface area contributed by atoms with Crippen LogP contribution >= 0.6 is 0 Å². The van der Waals surface area contributed by atoms with Gasteiger partial charge in [0, 0.05) is 19.6 Å². The molecular formula is C14H21N3O2S. The van der Waals surface area contributed by atoms with E-state index in [0.717, 1.165) is 37.4 Å². The van der Waals surface area contributed by atoms with Crippen LogP contribution in [0.5, 0.6) is 0 Å². The number of aromatic nitrogens is 1. The van der Waals surface area contributed by atoms with Gasteiger partial charge in [-0.25, -0.2) is 13.4 Å². The van der Waals surface area contributed by atoms with Gasteiger partial charge in [0.1, 0.15) is 5.82 Å². The number of nitrogens with zero attached hydrogens (tertiary/aromatic N) is 3. The van der Waals surface area contributed by atoms with Gasteiger partial charge >= 0.3 is 0 Å². The molecule has 6 heteroatoms. The Morgan fingerprint density at radius 3 is 2.60 bits per heavy atom. The molecule has 2 aliphatic heterocycles. The maximum atomic E-state index is 11.8. The number of anilines is 1. The predicted molar refractivity (Wildman–Crippen MR) is 79.2 cm³/mol. The van der Waals surface area contributed by atoms with Crippen molar-refractivity contribution < 1.29 is 8.42 Å². The van der Waals surface area contributed by atoms with Crippen molar-refractivity contribution in [1.82, 2.24) is 9.29 Å². The molecule has 1 unspecified atom stereocenters. The van der Waals surface area contributed by atoms with Crippen LogP contribution in [0, 0.1) is 0 Å². The van der Waals surface area contributed by atoms with Crippen LogP contribution in [0.15, 0.2) is 18.2 Å². The number of sulfonamides is 1. The molecule has 2 aliphatic rings. The average molecular weight is 295 g/mol. The van der Waals surface area contributed by atoms with Gasteiger partial charge in [-0.05, 0) is 37.8 Å². The Hall–Kier alpha value is -1.14. The summed E-state index contributed by atoms with van der Waals surface area (Å²) in [6.45, 7) is 2.72. The van der Waals surface area contributed by atoms with Gasteiger partial charge in [-0.1, -0.05) is 6.07 Å². The van der Waals surface area contributed by atoms with Gasteiger partial charge in [0.15, 0.2) is 0 Å². The summed E-state index contributed by atoms with van der Waals surface area (Å²) in [5.41, 5.74) is 0.886. The molecule has 0 N–H and O–H groups in total. The predicted octanol–water partition coefficient (Wildman–Crippen LogP) is 1.78. The Morgan fingerprint density at radius 2 is 1.90 bits per heavy atom. The van der Waals surface area contributed by atoms with Gasteiger partial charge in [-0.15, -0.1) is 0 Å². The molecule has 3 heterocycles. The van der Waals surface area contributed by atoms with Gasteiger partial charge in [0.05, 0.1) is 18.0 Å². The van der Waals surface area contributed by atoms with Crippen LogP contribution < -0.4 is 4.90 Å². The molecule has 0 spiro atoms. The highest BCUT2D eigenvalue weighted by Gasteiger charge is 2.33. The second kappa shape index (κ2) is 5.33. The third-order valence-corrected chi connectivity index (χ3v) is 5.45. The molecule has 0 aliphatic carbocycles. The van der Waals surface area contributed by atoms with Crippen molar-refractivity contribution >= 4 is 15.8 Å². The molecule has 0 aromatic carbocycles. The molecule has 5 nitrogen and oxygen atoms in total. The maximum Gasteiger partial charge on any atom is 0.211 e. The van der Waals surface area contributed by atoms with E-state index in [4.69, 9.17) is 4.98 Å². The first-order chi connectivity index (χ1) is 9.55. The summed E-state index contributed by atoms with van der Waals surface area (Å²) in [6.07, 6.45) is 5.49. The molecule has 2 saturated heterocycles. The molecule has 1 aromatic heterocycles. The van der Waals surface area contributed by atoms with Gasteiger partial charge in [0.25, 0.3) is 0 Å². The number of hydrogen-bond donors (Lipinski definition) is 0. The third-order valence-electron chi connectivity index (χ3n) is 4.16. The standard InChI is InChI=1S/C14H21N3O2S/c1-20(18,19)17-11-5-7-13(17)12-6-4-8-14(15-12)16-9-2-3-10-16/h4,6,8,13H,2-3,5,7,9-11H2,1H3. The Balaban J connectivity index is 1.88. The van der Waals surface area contributed by atoms with Crippen LogP contribution in [-0.2, 0) is 10.0 Å². The summed E-state index contributed by atoms with van der Waals surface area (Å²) >= 11 is 0. The first-order valence-electron chi connectivity index (χ1n) is 7.24. The normalized spacial score (nSPS) is 24.4. The van der Waals surface area contributed by atoms with E-state index >= 15 is 0 Å². The van der Waals surface area contributed by atoms with Crippen LogP contribution in [0.2, 0.25) is 0 Å². The van der Waals surface area contributed by atoms with Gasteiger partial charge in [-0.3, -0.25) is 0 Å². The van der Waals surface area contributed by atoms with Gasteiger partial charge < -0.3 is 4.90 Å². The van der Waals surface area contributed by atoms with Crippen molar-refractivity contribution in [3.05, 3.63) is 23.9 Å². The Bertz CT molecular complexity index is 582. The van der Waals surface area contributed by atoms with Gasteiger partial charge in [0.2, 0.25) is 10.0 Å². The van der Waals surface area contributed by atoms with E-state index in [9.17, 15) is 8.42 Å². The highest BCUT2D eigenvalue weighted by molar-refractivity contribution is 7.88. The fraction of sp³-hybridized carbons (Fsp3) is 0.643. The molecule has 1 aromatic rings. The van der Waals surface area contributed by atoms with Crippen molar-refractivity contribution in [3.63, 3.8) is 0 Å². The number of rotatable bonds is 3. The van der Waals surface area contributed by atoms with Crippen molar-refractivity contribution in [2.45, 2.75) is 31.7 Å². The van der Waals surface area contributed by atoms with Crippen molar-refractivity contribution in [1.29, 1.82) is 0 Å². The first kappa shape index (κ1) is 13.8. The van der Waals surface area contributed by atoms with Crippen LogP contribution in [0.25, 0.3) is 0 Å². The monoisotopic (exact) mass is 295 g/mol. The van der Waals surface area contributed by atoms with Crippen molar-refractivity contribution in [2.24, 2.45) is 0 Å². The minimum Gasteiger partial charge on any atom is -0.357 e. The van der Waals surface area contributed by atoms with Crippen molar-refractivity contribution in [2.75, 3.05) is 30.8 Å². The summed E-state index contributed by atoms with van der Waals surface area (Å²) < 4.78 is 25.3. The zero-order chi connectivity index (χ0) is 14.2. The third kappa shape index (κ3) is 2.67. The van der Waals surface area contributed by atoms with E-state index in [1.807, 2.05) is 18.2 Å². The van der Waals surface area contributed by atoms with Crippen LogP contribution in [0.3, 0.4) is 0 Å². The number of hydrogen-bond acceptors (Lipinski definition) is 4. The lowest BCUT2D eigenvalue weighted by atomic mass is 10.1. The second-order valence-electron chi connectivity index (χ2n) is 5.65. The summed E-state index contributed by atoms with van der Waals surface area (Å²) in [5, 5.41) is 0. The van der Waals surface area contributed by atoms with E-state index < -0.39 is 10.0 Å². The first-order valence-corrected chi connectivity index (χ1v) is 9.09. The Labute approximate surface area is 120 Å². The van der Waals surface area contributed by atoms with E-state index in [0.29, 0.717) is 6.54 Å². The molecule has 20 heavy (non-hydrogen) atoms. The molecule has 3 rings (SSSR count). The van der Waals surface area contributed by atoms with Crippen molar-refractivity contribution in [3.8, 4) is 0 Å². The van der Waals surface area contributed by atoms with E-state index in [-0.39, 0.29) is 6.04 Å². The largest absolute Gasteiger partial charge is 0.357 e. The van der Waals surface area contributed by atoms with Crippen LogP contribution in [0.4, 0.5) is 5.82 Å². The van der Waals surface area contributed by atoms with Crippen LogP contribution in [-0.4, -0.2) is 43.6 Å². The highest BCUT2D eigenvalue weighted by Crippen LogP contribution is 2.33. The lowest BCUT2D eigenvalue weighted by Gasteiger charge is -2.23. The summed E-state index contributed by atoms with van der Waals surface area (Å²) in [7, 11) is -3.15. The molecule has 2 fully saturated rings. The Kier molecular flexibility index (Phi) is 3.69. The second-order valence-corrected chi connectivity index (χ2v) is 7.58. The lowest BCUT2D eigenvalue weighted by Crippen LogP contribution is -2.30. The quantitative estimate of drug-likeness (QED) is 0.853. The minimum atomic E-state index is -3.15. The zero-order valence-corrected chi connectivity index (χ0v) is 12.6. The average Bonchev–Trinajstić information content (AvgIpc) is 3.10. The zero-order valence-electron chi connectivity index (χ0n) is 11.8. The fourth-order valence-corrected chi connectivity index (χ4v) is 4.32. The fourth-order valence-electron chi connectivity index (χ4n) is 3.18. The Morgan fingerprint density at radius 1 is 1.15 bits per heavy atom. The van der Waals surface area contributed by atoms with E-state index in [1.54, 1.807) is 4.31 Å². The molecule has 110 valence electrons. The van der Waals surface area contributed by atoms with Gasteiger partial charge in [-0.2, -0.15) is 4.31 Å². The lowest BCUT2D eigenvalue weighted by molar-refractivity contribution is 0.394. The molecule has 0 bridgehead atoms. The molecular weight excluding hydrogens is 274 g/mol. The molecule has 0 radical (unpaired) electrons. The maximum absolute atomic E-state index is 11.8. The molecule has 1 atom stereocenters. The topological polar surface area (TPSA) is 53.5 Å².